The Labute approximate surface area is 524 Å². The fourth-order valence-corrected chi connectivity index (χ4v) is 11.8. The lowest BCUT2D eigenvalue weighted by atomic mass is 9.85. The summed E-state index contributed by atoms with van der Waals surface area (Å²) in [7, 11) is 0. The maximum Gasteiger partial charge on any atom is 0.167 e. The zero-order valence-electron chi connectivity index (χ0n) is 60.1. The Morgan fingerprint density at radius 3 is 1.72 bits per heavy atom. The highest BCUT2D eigenvalue weighted by Gasteiger charge is 2.34. The molecule has 432 valence electrons. The number of para-hydroxylation sites is 3. The van der Waals surface area contributed by atoms with Gasteiger partial charge in [-0.3, -0.25) is 4.57 Å². The van der Waals surface area contributed by atoms with Gasteiger partial charge >= 0.3 is 0 Å². The van der Waals surface area contributed by atoms with Crippen LogP contribution in [0, 0.1) is 20.8 Å². The molecule has 0 fully saturated rings. The van der Waals surface area contributed by atoms with Crippen LogP contribution in [-0.2, 0) is 16.2 Å². The lowest BCUT2D eigenvalue weighted by Crippen LogP contribution is -2.25. The maximum absolute atomic E-state index is 11.4. The van der Waals surface area contributed by atoms with Gasteiger partial charge < -0.3 is 19.6 Å². The summed E-state index contributed by atoms with van der Waals surface area (Å²) in [6.45, 7) is 25.1. The number of pyridine rings is 1. The summed E-state index contributed by atoms with van der Waals surface area (Å²) in [4.78, 5) is 24.9. The Bertz CT molecular complexity index is 4950. The molecule has 0 amide bonds. The van der Waals surface area contributed by atoms with Crippen LogP contribution in [0.15, 0.2) is 206 Å². The number of rotatable bonds is 10. The summed E-state index contributed by atoms with van der Waals surface area (Å²) >= 11 is 0. The van der Waals surface area contributed by atoms with Crippen molar-refractivity contribution in [2.45, 2.75) is 99.3 Å². The van der Waals surface area contributed by atoms with Gasteiger partial charge in [-0.1, -0.05) is 190 Å². The van der Waals surface area contributed by atoms with Gasteiger partial charge in [0.2, 0.25) is 0 Å². The van der Waals surface area contributed by atoms with Gasteiger partial charge in [-0.25, -0.2) is 19.9 Å². The van der Waals surface area contributed by atoms with Gasteiger partial charge in [0.25, 0.3) is 0 Å². The third-order valence-corrected chi connectivity index (χ3v) is 16.8. The molecule has 0 aliphatic carbocycles. The average Bonchev–Trinajstić information content (AvgIpc) is 1.27. The molecule has 1 aliphatic heterocycles. The van der Waals surface area contributed by atoms with Crippen LogP contribution in [0.2, 0.25) is 0 Å². The van der Waals surface area contributed by atoms with Crippen LogP contribution in [0.4, 0.5) is 22.7 Å². The highest BCUT2D eigenvalue weighted by molar-refractivity contribution is 6.11. The normalized spacial score (nSPS) is 14.2. The number of aromatic hydroxyl groups is 1. The van der Waals surface area contributed by atoms with Crippen molar-refractivity contribution in [3.05, 3.63) is 240 Å². The number of phenolic OH excluding ortho intramolecular Hbond substituents is 1. The third kappa shape index (κ3) is 10.4. The molecule has 9 nitrogen and oxygen atoms in total. The Morgan fingerprint density at radius 2 is 1.08 bits per heavy atom. The quantitative estimate of drug-likeness (QED) is 0.145. The van der Waals surface area contributed by atoms with Gasteiger partial charge in [0.05, 0.1) is 46.0 Å². The fraction of sp³-hybridized carbons (Fsp3) is 0.205. The van der Waals surface area contributed by atoms with Crippen LogP contribution in [0.1, 0.15) is 108 Å². The first-order valence-corrected chi connectivity index (χ1v) is 29.4. The van der Waals surface area contributed by atoms with Crippen molar-refractivity contribution in [1.29, 1.82) is 0 Å². The summed E-state index contributed by atoms with van der Waals surface area (Å²) < 4.78 is 91.1. The molecule has 0 radical (unpaired) electrons. The van der Waals surface area contributed by atoms with Crippen molar-refractivity contribution >= 4 is 44.6 Å². The van der Waals surface area contributed by atoms with E-state index in [4.69, 9.17) is 31.5 Å². The molecule has 0 saturated carbocycles. The predicted molar refractivity (Wildman–Crippen MR) is 360 cm³/mol. The van der Waals surface area contributed by atoms with E-state index in [1.807, 2.05) is 91.7 Å². The van der Waals surface area contributed by atoms with Crippen LogP contribution >= 0.6 is 0 Å². The minimum absolute atomic E-state index is 0.0299. The SMILES string of the molecule is [2H]c1c([2H])c([2H])c(-c2c(C)c(C)c(C)c(-c3c([2H])c([2H])c([2H])c(O)c3[2H])c2N2CN(c3cccc(Oc4cc5c(cc4-c4nc(-c6ccc(C(C)(C)C)cc6)nc(-c6ccc(C(C)(C)C)cc6)n4)c4ccccc4n5-c4cc(C(C)(C)C)ccn4)c3)c3ccccc32)c([2H])c1[2H]. The van der Waals surface area contributed by atoms with E-state index in [-0.39, 0.29) is 50.9 Å². The van der Waals surface area contributed by atoms with Crippen LogP contribution in [0.3, 0.4) is 0 Å². The molecule has 3 aromatic heterocycles. The first kappa shape index (κ1) is 46.4. The molecule has 1 N–H and O–H groups in total. The van der Waals surface area contributed by atoms with Crippen molar-refractivity contribution in [1.82, 2.24) is 24.5 Å². The number of hydrogen-bond donors (Lipinski definition) is 1. The molecule has 0 spiro atoms. The summed E-state index contributed by atoms with van der Waals surface area (Å²) in [6, 6.07) is 43.7. The number of phenols is 1. The molecule has 12 aromatic rings. The number of nitrogens with zero attached hydrogens (tertiary/aromatic N) is 7. The zero-order valence-corrected chi connectivity index (χ0v) is 51.1. The monoisotopic (exact) mass is 1150 g/mol. The van der Waals surface area contributed by atoms with Crippen LogP contribution in [0.25, 0.3) is 84.0 Å². The molecule has 4 heterocycles. The minimum atomic E-state index is -0.789. The average molecular weight is 1150 g/mol. The van der Waals surface area contributed by atoms with E-state index < -0.39 is 60.1 Å². The Hall–Kier alpha value is -9.86. The Kier molecular flexibility index (Phi) is 11.5. The number of hydrogen-bond acceptors (Lipinski definition) is 8. The van der Waals surface area contributed by atoms with Crippen LogP contribution in [0.5, 0.6) is 17.2 Å². The van der Waals surface area contributed by atoms with Gasteiger partial charge in [-0.15, -0.1) is 0 Å². The molecule has 9 heteroatoms. The number of benzene rings is 9. The predicted octanol–water partition coefficient (Wildman–Crippen LogP) is 20.3. The third-order valence-electron chi connectivity index (χ3n) is 16.8. The second kappa shape index (κ2) is 21.6. The van der Waals surface area contributed by atoms with E-state index in [1.165, 1.54) is 11.1 Å². The Morgan fingerprint density at radius 1 is 0.494 bits per heavy atom. The van der Waals surface area contributed by atoms with E-state index in [2.05, 4.69) is 151 Å². The van der Waals surface area contributed by atoms with Crippen molar-refractivity contribution in [2.75, 3.05) is 16.5 Å². The van der Waals surface area contributed by atoms with Crippen molar-refractivity contribution in [3.8, 4) is 79.5 Å². The van der Waals surface area contributed by atoms with Gasteiger partial charge in [0, 0.05) is 57.0 Å². The van der Waals surface area contributed by atoms with Crippen molar-refractivity contribution in [2.24, 2.45) is 0 Å². The number of anilines is 4. The molecule has 0 unspecified atom stereocenters. The van der Waals surface area contributed by atoms with Crippen molar-refractivity contribution in [3.63, 3.8) is 0 Å². The van der Waals surface area contributed by atoms with Gasteiger partial charge in [0.1, 0.15) is 29.7 Å². The summed E-state index contributed by atoms with van der Waals surface area (Å²) in [5.41, 5.74) is 11.3. The second-order valence-corrected chi connectivity index (χ2v) is 25.6. The molecular formula is C78H73N7O2. The molecule has 13 rings (SSSR count). The Balaban J connectivity index is 1.03. The first-order valence-electron chi connectivity index (χ1n) is 33.9. The minimum Gasteiger partial charge on any atom is -0.508 e. The number of fused-ring (bicyclic) bond motifs is 4. The van der Waals surface area contributed by atoms with E-state index >= 15 is 0 Å². The van der Waals surface area contributed by atoms with E-state index in [9.17, 15) is 10.6 Å². The molecule has 1 aliphatic rings. The first-order chi connectivity index (χ1) is 45.4. The summed E-state index contributed by atoms with van der Waals surface area (Å²) in [6.07, 6.45) is 1.85. The van der Waals surface area contributed by atoms with E-state index in [0.717, 1.165) is 44.3 Å². The maximum atomic E-state index is 11.4. The molecule has 9 aromatic carbocycles. The van der Waals surface area contributed by atoms with Crippen molar-refractivity contribution < 1.29 is 22.2 Å². The second-order valence-electron chi connectivity index (χ2n) is 25.6. The van der Waals surface area contributed by atoms with Gasteiger partial charge in [0.15, 0.2) is 17.5 Å². The molecule has 0 bridgehead atoms. The number of ether oxygens (including phenoxy) is 1. The molecule has 87 heavy (non-hydrogen) atoms. The van der Waals surface area contributed by atoms with Gasteiger partial charge in [-0.05, 0) is 142 Å². The van der Waals surface area contributed by atoms with Crippen LogP contribution < -0.4 is 14.5 Å². The van der Waals surface area contributed by atoms with Crippen LogP contribution in [-0.4, -0.2) is 36.3 Å². The summed E-state index contributed by atoms with van der Waals surface area (Å²) in [5.74, 6) is 2.15. The number of aromatic nitrogens is 5. The zero-order chi connectivity index (χ0) is 68.5. The topological polar surface area (TPSA) is 92.4 Å². The fourth-order valence-electron chi connectivity index (χ4n) is 11.8. The lowest BCUT2D eigenvalue weighted by Gasteiger charge is -2.31. The smallest absolute Gasteiger partial charge is 0.167 e. The highest BCUT2D eigenvalue weighted by atomic mass is 16.5. The largest absolute Gasteiger partial charge is 0.508 e. The molecule has 0 saturated heterocycles. The molecule has 0 atom stereocenters. The van der Waals surface area contributed by atoms with E-state index in [1.54, 1.807) is 6.92 Å². The highest BCUT2D eigenvalue weighted by Crippen LogP contribution is 2.54. The molecular weight excluding hydrogens is 1070 g/mol. The lowest BCUT2D eigenvalue weighted by molar-refractivity contribution is 0.475. The van der Waals surface area contributed by atoms with E-state index in [0.29, 0.717) is 68.3 Å². The standard InChI is InChI=1S/C78H73N7O2/c1-48-49(2)70(51-22-14-13-15-23-51)72(71(50(48)3)54-24-20-26-59(86)42-54)84-47-83(65-30-18-19-31-66(65)84)58-25-21-27-60(44-58)87-68-46-67-62(61-28-16-17-29-64(61)85(67)69-43-57(40-41-79-69)78(10,11)12)45-63(68)75-81-73(52-32-36-55(37-33-52)76(4,5)6)80-74(82-75)53-34-38-56(39-35-53)77(7,8)9/h13-46,86H,47H2,1-12H3/i13D,14D,15D,20D,22D,23D,24D,26D,42D. The summed E-state index contributed by atoms with van der Waals surface area (Å²) in [5, 5.41) is 13.3. The van der Waals surface area contributed by atoms with Gasteiger partial charge in [-0.2, -0.15) is 0 Å².